The molecule has 0 fully saturated rings. The first kappa shape index (κ1) is 19.0. The van der Waals surface area contributed by atoms with Crippen LogP contribution in [0.1, 0.15) is 44.4 Å². The number of esters is 1. The van der Waals surface area contributed by atoms with Crippen molar-refractivity contribution in [1.29, 1.82) is 0 Å². The van der Waals surface area contributed by atoms with Crippen molar-refractivity contribution in [3.8, 4) is 0 Å². The summed E-state index contributed by atoms with van der Waals surface area (Å²) in [6, 6.07) is 6.13. The molecule has 0 saturated carbocycles. The number of rotatable bonds is 3. The third-order valence-electron chi connectivity index (χ3n) is 3.88. The smallest absolute Gasteiger partial charge is 0.410 e. The number of benzene rings is 1. The van der Waals surface area contributed by atoms with Crippen LogP contribution in [0.2, 0.25) is 0 Å². The van der Waals surface area contributed by atoms with Gasteiger partial charge < -0.3 is 14.4 Å². The number of amides is 1. The maximum atomic E-state index is 12.3. The Kier molecular flexibility index (Phi) is 6.23. The van der Waals surface area contributed by atoms with E-state index in [9.17, 15) is 9.59 Å². The first-order chi connectivity index (χ1) is 11.8. The second-order valence-corrected chi connectivity index (χ2v) is 7.08. The summed E-state index contributed by atoms with van der Waals surface area (Å²) < 4.78 is 10.4. The Morgan fingerprint density at radius 1 is 1.16 bits per heavy atom. The molecule has 0 unspecified atom stereocenters. The second kappa shape index (κ2) is 8.19. The van der Waals surface area contributed by atoms with Crippen molar-refractivity contribution in [3.63, 3.8) is 0 Å². The van der Waals surface area contributed by atoms with Crippen LogP contribution >= 0.6 is 0 Å². The molecule has 0 aliphatic carbocycles. The Balaban J connectivity index is 2.04. The SMILES string of the molecule is CCOC(=O)C=Cc1ccc2c(c1)CCN(C(=O)OC(C)(C)C)CC2. The largest absolute Gasteiger partial charge is 0.463 e. The van der Waals surface area contributed by atoms with Crippen LogP contribution in [-0.2, 0) is 27.1 Å². The molecule has 0 aromatic heterocycles. The third kappa shape index (κ3) is 5.93. The first-order valence-electron chi connectivity index (χ1n) is 8.73. The molecule has 1 aromatic rings. The average Bonchev–Trinajstić information content (AvgIpc) is 2.73. The highest BCUT2D eigenvalue weighted by Crippen LogP contribution is 2.20. The fraction of sp³-hybridized carbons (Fsp3) is 0.500. The Hall–Kier alpha value is -2.30. The molecule has 1 aliphatic rings. The van der Waals surface area contributed by atoms with Crippen molar-refractivity contribution in [2.24, 2.45) is 0 Å². The number of ether oxygens (including phenoxy) is 2. The summed E-state index contributed by atoms with van der Waals surface area (Å²) in [5.74, 6) is -0.339. The van der Waals surface area contributed by atoms with E-state index in [2.05, 4.69) is 12.1 Å². The van der Waals surface area contributed by atoms with Gasteiger partial charge in [-0.2, -0.15) is 0 Å². The highest BCUT2D eigenvalue weighted by atomic mass is 16.6. The summed E-state index contributed by atoms with van der Waals surface area (Å²) in [5.41, 5.74) is 2.91. The maximum Gasteiger partial charge on any atom is 0.410 e. The van der Waals surface area contributed by atoms with Crippen molar-refractivity contribution in [2.75, 3.05) is 19.7 Å². The minimum atomic E-state index is -0.485. The highest BCUT2D eigenvalue weighted by molar-refractivity contribution is 5.87. The van der Waals surface area contributed by atoms with Crippen LogP contribution in [0.3, 0.4) is 0 Å². The lowest BCUT2D eigenvalue weighted by atomic mass is 10.00. The molecule has 0 spiro atoms. The summed E-state index contributed by atoms with van der Waals surface area (Å²) in [7, 11) is 0. The summed E-state index contributed by atoms with van der Waals surface area (Å²) in [4.78, 5) is 25.5. The van der Waals surface area contributed by atoms with E-state index in [0.29, 0.717) is 19.7 Å². The normalized spacial score (nSPS) is 14.8. The zero-order chi connectivity index (χ0) is 18.4. The average molecular weight is 345 g/mol. The van der Waals surface area contributed by atoms with Gasteiger partial charge in [0.25, 0.3) is 0 Å². The van der Waals surface area contributed by atoms with Gasteiger partial charge in [-0.15, -0.1) is 0 Å². The van der Waals surface area contributed by atoms with Crippen LogP contribution in [0.25, 0.3) is 6.08 Å². The number of fused-ring (bicyclic) bond motifs is 1. The lowest BCUT2D eigenvalue weighted by Crippen LogP contribution is -2.38. The van der Waals surface area contributed by atoms with Gasteiger partial charge in [0.1, 0.15) is 5.60 Å². The van der Waals surface area contributed by atoms with Crippen molar-refractivity contribution in [3.05, 3.63) is 41.0 Å². The minimum absolute atomic E-state index is 0.261. The molecule has 5 nitrogen and oxygen atoms in total. The number of nitrogens with zero attached hydrogens (tertiary/aromatic N) is 1. The number of carbonyl (C=O) groups excluding carboxylic acids is 2. The monoisotopic (exact) mass is 345 g/mol. The molecule has 2 rings (SSSR count). The lowest BCUT2D eigenvalue weighted by Gasteiger charge is -2.26. The van der Waals surface area contributed by atoms with Crippen molar-refractivity contribution in [2.45, 2.75) is 46.1 Å². The van der Waals surface area contributed by atoms with E-state index in [1.165, 1.54) is 17.2 Å². The van der Waals surface area contributed by atoms with Crippen LogP contribution in [0, 0.1) is 0 Å². The molecule has 1 aromatic carbocycles. The molecule has 1 amide bonds. The van der Waals surface area contributed by atoms with Crippen LogP contribution in [0.4, 0.5) is 4.79 Å². The Morgan fingerprint density at radius 3 is 2.48 bits per heavy atom. The van der Waals surface area contributed by atoms with Crippen molar-refractivity contribution in [1.82, 2.24) is 4.90 Å². The van der Waals surface area contributed by atoms with Gasteiger partial charge >= 0.3 is 12.1 Å². The van der Waals surface area contributed by atoms with Crippen molar-refractivity contribution < 1.29 is 19.1 Å². The topological polar surface area (TPSA) is 55.8 Å². The lowest BCUT2D eigenvalue weighted by molar-refractivity contribution is -0.137. The van der Waals surface area contributed by atoms with E-state index < -0.39 is 5.60 Å². The second-order valence-electron chi connectivity index (χ2n) is 7.08. The van der Waals surface area contributed by atoms with Gasteiger partial charge in [0.15, 0.2) is 0 Å². The van der Waals surface area contributed by atoms with E-state index in [-0.39, 0.29) is 12.1 Å². The Bertz CT molecular complexity index is 658. The first-order valence-corrected chi connectivity index (χ1v) is 8.73. The van der Waals surface area contributed by atoms with E-state index in [0.717, 1.165) is 18.4 Å². The third-order valence-corrected chi connectivity index (χ3v) is 3.88. The van der Waals surface area contributed by atoms with E-state index in [1.54, 1.807) is 17.9 Å². The summed E-state index contributed by atoms with van der Waals surface area (Å²) >= 11 is 0. The Labute approximate surface area is 149 Å². The van der Waals surface area contributed by atoms with E-state index in [4.69, 9.17) is 9.47 Å². The molecular formula is C20H27NO4. The van der Waals surface area contributed by atoms with Gasteiger partial charge in [0.2, 0.25) is 0 Å². The molecule has 0 saturated heterocycles. The summed E-state index contributed by atoms with van der Waals surface area (Å²) in [6.07, 6.45) is 4.51. The molecule has 1 aliphatic heterocycles. The molecule has 25 heavy (non-hydrogen) atoms. The number of hydrogen-bond acceptors (Lipinski definition) is 4. The van der Waals surface area contributed by atoms with Crippen LogP contribution in [0.5, 0.6) is 0 Å². The molecule has 1 heterocycles. The highest BCUT2D eigenvalue weighted by Gasteiger charge is 2.24. The molecule has 5 heteroatoms. The van der Waals surface area contributed by atoms with Gasteiger partial charge in [-0.3, -0.25) is 0 Å². The van der Waals surface area contributed by atoms with Crippen molar-refractivity contribution >= 4 is 18.1 Å². The summed E-state index contributed by atoms with van der Waals surface area (Å²) in [5, 5.41) is 0. The standard InChI is InChI=1S/C20H27NO4/c1-5-24-18(22)9-7-15-6-8-16-10-12-21(13-11-17(16)14-15)19(23)25-20(2,3)4/h6-9,14H,5,10-13H2,1-4H3. The fourth-order valence-electron chi connectivity index (χ4n) is 2.71. The predicted molar refractivity (Wildman–Crippen MR) is 97.3 cm³/mol. The van der Waals surface area contributed by atoms with Crippen LogP contribution < -0.4 is 0 Å². The fourth-order valence-corrected chi connectivity index (χ4v) is 2.71. The summed E-state index contributed by atoms with van der Waals surface area (Å²) in [6.45, 7) is 9.06. The maximum absolute atomic E-state index is 12.3. The van der Waals surface area contributed by atoms with Gasteiger partial charge in [-0.25, -0.2) is 9.59 Å². The number of hydrogen-bond donors (Lipinski definition) is 0. The van der Waals surface area contributed by atoms with Gasteiger partial charge in [0, 0.05) is 19.2 Å². The van der Waals surface area contributed by atoms with E-state index in [1.807, 2.05) is 26.8 Å². The molecule has 0 radical (unpaired) electrons. The quantitative estimate of drug-likeness (QED) is 0.620. The number of carbonyl (C=O) groups is 2. The van der Waals surface area contributed by atoms with Gasteiger partial charge in [-0.1, -0.05) is 18.2 Å². The Morgan fingerprint density at radius 2 is 1.84 bits per heavy atom. The van der Waals surface area contributed by atoms with E-state index >= 15 is 0 Å². The van der Waals surface area contributed by atoms with Gasteiger partial charge in [-0.05, 0) is 63.3 Å². The zero-order valence-electron chi connectivity index (χ0n) is 15.5. The molecule has 0 bridgehead atoms. The predicted octanol–water partition coefficient (Wildman–Crippen LogP) is 3.60. The van der Waals surface area contributed by atoms with Crippen LogP contribution in [-0.4, -0.2) is 42.3 Å². The minimum Gasteiger partial charge on any atom is -0.463 e. The molecule has 0 atom stereocenters. The van der Waals surface area contributed by atoms with Crippen LogP contribution in [0.15, 0.2) is 24.3 Å². The molecule has 0 N–H and O–H groups in total. The molecular weight excluding hydrogens is 318 g/mol. The molecule has 136 valence electrons. The zero-order valence-corrected chi connectivity index (χ0v) is 15.5. The van der Waals surface area contributed by atoms with Gasteiger partial charge in [0.05, 0.1) is 6.61 Å².